The van der Waals surface area contributed by atoms with Gasteiger partial charge < -0.3 is 15.1 Å². The molecule has 4 rings (SSSR count). The molecule has 2 aromatic heterocycles. The zero-order valence-corrected chi connectivity index (χ0v) is 14.8. The summed E-state index contributed by atoms with van der Waals surface area (Å²) in [5, 5.41) is 18.2. The van der Waals surface area contributed by atoms with Crippen molar-refractivity contribution in [2.75, 3.05) is 5.32 Å². The lowest BCUT2D eigenvalue weighted by molar-refractivity contribution is -0.384. The topological polar surface area (TPSA) is 97.4 Å². The molecule has 1 aliphatic heterocycles. The van der Waals surface area contributed by atoms with E-state index in [0.717, 1.165) is 15.4 Å². The van der Waals surface area contributed by atoms with Gasteiger partial charge in [-0.25, -0.2) is 0 Å². The number of aryl methyl sites for hydroxylation is 1. The lowest BCUT2D eigenvalue weighted by atomic mass is 10.1. The van der Waals surface area contributed by atoms with Crippen molar-refractivity contribution in [2.24, 2.45) is 0 Å². The van der Waals surface area contributed by atoms with Crippen LogP contribution in [0.1, 0.15) is 32.7 Å². The maximum atomic E-state index is 12.4. The summed E-state index contributed by atoms with van der Waals surface area (Å²) in [4.78, 5) is 24.3. The molecule has 1 aliphatic rings. The van der Waals surface area contributed by atoms with Gasteiger partial charge in [-0.2, -0.15) is 0 Å². The number of amides is 1. The Morgan fingerprint density at radius 1 is 1.15 bits per heavy atom. The van der Waals surface area contributed by atoms with Crippen LogP contribution >= 0.6 is 11.3 Å². The highest BCUT2D eigenvalue weighted by atomic mass is 32.1. The molecule has 1 aromatic carbocycles. The molecule has 0 spiro atoms. The van der Waals surface area contributed by atoms with Crippen molar-refractivity contribution in [3.63, 3.8) is 0 Å². The van der Waals surface area contributed by atoms with Gasteiger partial charge in [0.15, 0.2) is 6.17 Å². The molecule has 0 saturated heterocycles. The Morgan fingerprint density at radius 2 is 1.92 bits per heavy atom. The van der Waals surface area contributed by atoms with Crippen molar-refractivity contribution in [1.82, 2.24) is 5.32 Å². The van der Waals surface area contributed by atoms with Crippen LogP contribution in [0.2, 0.25) is 0 Å². The van der Waals surface area contributed by atoms with E-state index in [9.17, 15) is 14.9 Å². The number of thiophene rings is 1. The Balaban J connectivity index is 1.68. The highest BCUT2D eigenvalue weighted by Crippen LogP contribution is 2.38. The number of nitro benzene ring substituents is 1. The number of rotatable bonds is 3. The standard InChI is InChI=1S/C18H15N3O4S/c1-9-10(2)26-18-15(9)17(22)19-16(20-18)14-8-7-13(25-14)11-5-3-4-6-12(11)21(23)24/h3-8,16,20H,1-2H3,(H,19,22)/t16-/m1/s1. The van der Waals surface area contributed by atoms with E-state index in [1.165, 1.54) is 17.4 Å². The first-order chi connectivity index (χ1) is 12.5. The molecule has 26 heavy (non-hydrogen) atoms. The number of benzene rings is 1. The van der Waals surface area contributed by atoms with E-state index in [-0.39, 0.29) is 11.6 Å². The minimum atomic E-state index is -0.524. The number of furan rings is 1. The number of nitrogens with zero attached hydrogens (tertiary/aromatic N) is 1. The summed E-state index contributed by atoms with van der Waals surface area (Å²) in [5.74, 6) is 0.711. The smallest absolute Gasteiger partial charge is 0.280 e. The third-order valence-corrected chi connectivity index (χ3v) is 5.58. The number of nitrogens with one attached hydrogen (secondary N) is 2. The van der Waals surface area contributed by atoms with Crippen LogP contribution in [0.15, 0.2) is 40.8 Å². The van der Waals surface area contributed by atoms with E-state index in [1.807, 2.05) is 13.8 Å². The summed E-state index contributed by atoms with van der Waals surface area (Å²) in [5.41, 5.74) is 2.00. The Morgan fingerprint density at radius 3 is 2.69 bits per heavy atom. The minimum absolute atomic E-state index is 0.0270. The van der Waals surface area contributed by atoms with Gasteiger partial charge in [0.25, 0.3) is 11.6 Å². The van der Waals surface area contributed by atoms with Crippen LogP contribution in [0, 0.1) is 24.0 Å². The lowest BCUT2D eigenvalue weighted by Gasteiger charge is -2.24. The molecule has 8 heteroatoms. The summed E-state index contributed by atoms with van der Waals surface area (Å²) in [6, 6.07) is 9.78. The number of hydrogen-bond donors (Lipinski definition) is 2. The van der Waals surface area contributed by atoms with Crippen molar-refractivity contribution in [2.45, 2.75) is 20.0 Å². The SMILES string of the molecule is Cc1sc2c(c1C)C(=O)N[C@@H](c1ccc(-c3ccccc3[N+](=O)[O-])o1)N2. The van der Waals surface area contributed by atoms with Crippen LogP contribution in [0.4, 0.5) is 10.7 Å². The molecule has 0 fully saturated rings. The normalized spacial score (nSPS) is 15.9. The van der Waals surface area contributed by atoms with Gasteiger partial charge in [-0.3, -0.25) is 14.9 Å². The third-order valence-electron chi connectivity index (χ3n) is 4.44. The van der Waals surface area contributed by atoms with Crippen LogP contribution in [-0.4, -0.2) is 10.8 Å². The van der Waals surface area contributed by atoms with Gasteiger partial charge in [-0.1, -0.05) is 12.1 Å². The Bertz CT molecular complexity index is 1040. The lowest BCUT2D eigenvalue weighted by Crippen LogP contribution is -2.37. The average Bonchev–Trinajstić information content (AvgIpc) is 3.20. The van der Waals surface area contributed by atoms with Gasteiger partial charge in [0, 0.05) is 10.9 Å². The summed E-state index contributed by atoms with van der Waals surface area (Å²) < 4.78 is 5.82. The first-order valence-electron chi connectivity index (χ1n) is 7.96. The number of para-hydroxylation sites is 1. The second kappa shape index (κ2) is 5.99. The van der Waals surface area contributed by atoms with Crippen LogP contribution in [0.25, 0.3) is 11.3 Å². The maximum absolute atomic E-state index is 12.4. The average molecular weight is 369 g/mol. The fraction of sp³-hybridized carbons (Fsp3) is 0.167. The first-order valence-corrected chi connectivity index (χ1v) is 8.78. The number of hydrogen-bond acceptors (Lipinski definition) is 6. The van der Waals surface area contributed by atoms with Crippen molar-refractivity contribution < 1.29 is 14.1 Å². The van der Waals surface area contributed by atoms with E-state index in [2.05, 4.69) is 10.6 Å². The molecule has 0 saturated carbocycles. The monoisotopic (exact) mass is 369 g/mol. The summed E-state index contributed by atoms with van der Waals surface area (Å²) in [7, 11) is 0. The molecule has 0 radical (unpaired) electrons. The quantitative estimate of drug-likeness (QED) is 0.527. The largest absolute Gasteiger partial charge is 0.457 e. The zero-order valence-electron chi connectivity index (χ0n) is 14.0. The Hall–Kier alpha value is -3.13. The highest BCUT2D eigenvalue weighted by molar-refractivity contribution is 7.16. The summed E-state index contributed by atoms with van der Waals surface area (Å²) in [6.07, 6.45) is -0.524. The molecule has 0 aliphatic carbocycles. The van der Waals surface area contributed by atoms with Gasteiger partial charge in [-0.05, 0) is 37.6 Å². The van der Waals surface area contributed by atoms with E-state index in [0.29, 0.717) is 22.6 Å². The fourth-order valence-electron chi connectivity index (χ4n) is 3.01. The van der Waals surface area contributed by atoms with Crippen molar-refractivity contribution in [1.29, 1.82) is 0 Å². The summed E-state index contributed by atoms with van der Waals surface area (Å²) >= 11 is 1.53. The van der Waals surface area contributed by atoms with Gasteiger partial charge in [0.2, 0.25) is 0 Å². The van der Waals surface area contributed by atoms with Gasteiger partial charge in [-0.15, -0.1) is 11.3 Å². The first kappa shape index (κ1) is 16.3. The number of nitro groups is 1. The number of carbonyl (C=O) groups is 1. The van der Waals surface area contributed by atoms with Gasteiger partial charge >= 0.3 is 0 Å². The second-order valence-electron chi connectivity index (χ2n) is 6.01. The predicted octanol–water partition coefficient (Wildman–Crippen LogP) is 4.39. The molecule has 3 heterocycles. The molecule has 7 nitrogen and oxygen atoms in total. The Kier molecular flexibility index (Phi) is 3.77. The molecule has 2 N–H and O–H groups in total. The maximum Gasteiger partial charge on any atom is 0.280 e. The van der Waals surface area contributed by atoms with E-state index in [4.69, 9.17) is 4.42 Å². The molecular formula is C18H15N3O4S. The number of carbonyl (C=O) groups excluding carboxylic acids is 1. The number of anilines is 1. The molecule has 3 aromatic rings. The molecule has 1 atom stereocenters. The van der Waals surface area contributed by atoms with Gasteiger partial charge in [0.1, 0.15) is 16.5 Å². The van der Waals surface area contributed by atoms with E-state index >= 15 is 0 Å². The van der Waals surface area contributed by atoms with Crippen molar-refractivity contribution >= 4 is 27.9 Å². The molecule has 0 bridgehead atoms. The van der Waals surface area contributed by atoms with E-state index in [1.54, 1.807) is 30.3 Å². The summed E-state index contributed by atoms with van der Waals surface area (Å²) in [6.45, 7) is 3.90. The Labute approximate surface area is 152 Å². The van der Waals surface area contributed by atoms with Crippen LogP contribution in [0.3, 0.4) is 0 Å². The second-order valence-corrected chi connectivity index (χ2v) is 7.24. The van der Waals surface area contributed by atoms with Crippen molar-refractivity contribution in [3.8, 4) is 11.3 Å². The fourth-order valence-corrected chi connectivity index (χ4v) is 4.09. The minimum Gasteiger partial charge on any atom is -0.457 e. The van der Waals surface area contributed by atoms with Crippen LogP contribution < -0.4 is 10.6 Å². The third kappa shape index (κ3) is 2.55. The molecular weight excluding hydrogens is 354 g/mol. The predicted molar refractivity (Wildman–Crippen MR) is 98.4 cm³/mol. The molecule has 132 valence electrons. The van der Waals surface area contributed by atoms with Crippen LogP contribution in [-0.2, 0) is 0 Å². The molecule has 0 unspecified atom stereocenters. The number of fused-ring (bicyclic) bond motifs is 1. The highest BCUT2D eigenvalue weighted by Gasteiger charge is 2.31. The van der Waals surface area contributed by atoms with Crippen LogP contribution in [0.5, 0.6) is 0 Å². The van der Waals surface area contributed by atoms with Gasteiger partial charge in [0.05, 0.1) is 16.1 Å². The van der Waals surface area contributed by atoms with E-state index < -0.39 is 11.1 Å². The molecule has 1 amide bonds. The van der Waals surface area contributed by atoms with Crippen molar-refractivity contribution in [3.05, 3.63) is 68.3 Å². The zero-order chi connectivity index (χ0) is 18.4.